The van der Waals surface area contributed by atoms with E-state index in [9.17, 15) is 0 Å². The lowest BCUT2D eigenvalue weighted by atomic mass is 9.94. The van der Waals surface area contributed by atoms with Crippen LogP contribution >= 0.6 is 0 Å². The topological polar surface area (TPSA) is 43.2 Å². The summed E-state index contributed by atoms with van der Waals surface area (Å²) in [5.41, 5.74) is 1.66. The second-order valence-corrected chi connectivity index (χ2v) is 6.81. The first-order valence-electron chi connectivity index (χ1n) is 8.61. The van der Waals surface area contributed by atoms with Gasteiger partial charge in [0.2, 0.25) is 0 Å². The van der Waals surface area contributed by atoms with Crippen molar-refractivity contribution in [2.24, 2.45) is 5.92 Å². The van der Waals surface area contributed by atoms with Gasteiger partial charge in [0.05, 0.1) is 11.9 Å². The Morgan fingerprint density at radius 2 is 2.14 bits per heavy atom. The molecule has 4 heteroatoms. The minimum Gasteiger partial charge on any atom is -0.370 e. The van der Waals surface area contributed by atoms with Crippen LogP contribution in [0.1, 0.15) is 44.7 Å². The van der Waals surface area contributed by atoms with Crippen LogP contribution in [0.15, 0.2) is 18.3 Å². The molecule has 2 aliphatic rings. The molecule has 1 aromatic heterocycles. The van der Waals surface area contributed by atoms with E-state index >= 15 is 0 Å². The summed E-state index contributed by atoms with van der Waals surface area (Å²) in [4.78, 5) is 9.34. The molecule has 1 aromatic rings. The molecule has 0 aromatic carbocycles. The molecule has 118 valence electrons. The van der Waals surface area contributed by atoms with Gasteiger partial charge in [-0.15, -0.1) is 0 Å². The van der Waals surface area contributed by atoms with Crippen LogP contribution in [-0.2, 0) is 0 Å². The summed E-state index contributed by atoms with van der Waals surface area (Å²) in [5.74, 6) is 0.755. The maximum absolute atomic E-state index is 8.86. The first kappa shape index (κ1) is 15.3. The highest BCUT2D eigenvalue weighted by Crippen LogP contribution is 2.25. The van der Waals surface area contributed by atoms with Crippen LogP contribution in [-0.4, -0.2) is 42.1 Å². The van der Waals surface area contributed by atoms with Crippen molar-refractivity contribution in [2.45, 2.75) is 45.1 Å². The van der Waals surface area contributed by atoms with Crippen molar-refractivity contribution in [3.8, 4) is 6.07 Å². The van der Waals surface area contributed by atoms with E-state index in [0.29, 0.717) is 5.69 Å². The largest absolute Gasteiger partial charge is 0.370 e. The second-order valence-electron chi connectivity index (χ2n) is 6.81. The Morgan fingerprint density at radius 3 is 2.86 bits per heavy atom. The molecule has 0 bridgehead atoms. The second kappa shape index (κ2) is 7.11. The summed E-state index contributed by atoms with van der Waals surface area (Å²) in [6, 6.07) is 6.70. The number of piperidine rings is 2. The van der Waals surface area contributed by atoms with E-state index in [1.807, 2.05) is 18.3 Å². The fourth-order valence-corrected chi connectivity index (χ4v) is 3.85. The van der Waals surface area contributed by atoms with Crippen LogP contribution in [0.5, 0.6) is 0 Å². The first-order valence-corrected chi connectivity index (χ1v) is 8.61. The number of hydrogen-bond donors (Lipinski definition) is 0. The van der Waals surface area contributed by atoms with E-state index < -0.39 is 0 Å². The van der Waals surface area contributed by atoms with Gasteiger partial charge in [-0.25, -0.2) is 4.98 Å². The molecule has 0 aliphatic carbocycles. The minimum absolute atomic E-state index is 0.499. The summed E-state index contributed by atoms with van der Waals surface area (Å²) in [6.45, 7) is 7.12. The zero-order valence-corrected chi connectivity index (χ0v) is 13.5. The molecule has 2 fully saturated rings. The highest BCUT2D eigenvalue weighted by molar-refractivity contribution is 5.46. The Balaban J connectivity index is 1.60. The zero-order chi connectivity index (χ0) is 15.4. The molecule has 22 heavy (non-hydrogen) atoms. The SMILES string of the molecule is C[C@@H]1CCCCN1C[C@H]1CCCN(c2ccc(C#N)nc2)C1. The van der Waals surface area contributed by atoms with Crippen molar-refractivity contribution in [2.75, 3.05) is 31.1 Å². The molecule has 0 radical (unpaired) electrons. The lowest BCUT2D eigenvalue weighted by Crippen LogP contribution is -2.45. The number of aromatic nitrogens is 1. The fraction of sp³-hybridized carbons (Fsp3) is 0.667. The first-order chi connectivity index (χ1) is 10.8. The maximum atomic E-state index is 8.86. The predicted molar refractivity (Wildman–Crippen MR) is 88.8 cm³/mol. The quantitative estimate of drug-likeness (QED) is 0.860. The molecule has 0 saturated carbocycles. The Labute approximate surface area is 133 Å². The van der Waals surface area contributed by atoms with Crippen LogP contribution in [0.4, 0.5) is 5.69 Å². The summed E-state index contributed by atoms with van der Waals surface area (Å²) in [5, 5.41) is 8.86. The van der Waals surface area contributed by atoms with Gasteiger partial charge < -0.3 is 9.80 Å². The van der Waals surface area contributed by atoms with Crippen LogP contribution in [0, 0.1) is 17.2 Å². The van der Waals surface area contributed by atoms with Gasteiger partial charge in [-0.3, -0.25) is 0 Å². The monoisotopic (exact) mass is 298 g/mol. The van der Waals surface area contributed by atoms with Crippen molar-refractivity contribution in [1.82, 2.24) is 9.88 Å². The van der Waals surface area contributed by atoms with Crippen molar-refractivity contribution < 1.29 is 0 Å². The van der Waals surface area contributed by atoms with E-state index in [0.717, 1.165) is 30.7 Å². The van der Waals surface area contributed by atoms with Crippen molar-refractivity contribution in [3.05, 3.63) is 24.0 Å². The van der Waals surface area contributed by atoms with Crippen molar-refractivity contribution >= 4 is 5.69 Å². The van der Waals surface area contributed by atoms with Crippen LogP contribution < -0.4 is 4.90 Å². The van der Waals surface area contributed by atoms with Crippen molar-refractivity contribution in [1.29, 1.82) is 5.26 Å². The van der Waals surface area contributed by atoms with Gasteiger partial charge in [0, 0.05) is 25.7 Å². The van der Waals surface area contributed by atoms with Crippen molar-refractivity contribution in [3.63, 3.8) is 0 Å². The van der Waals surface area contributed by atoms with E-state index in [-0.39, 0.29) is 0 Å². The Kier molecular flexibility index (Phi) is 4.94. The van der Waals surface area contributed by atoms with Gasteiger partial charge in [-0.05, 0) is 57.2 Å². The molecular weight excluding hydrogens is 272 g/mol. The molecule has 3 heterocycles. The highest BCUT2D eigenvalue weighted by atomic mass is 15.2. The summed E-state index contributed by atoms with van der Waals surface area (Å²) >= 11 is 0. The molecule has 2 aliphatic heterocycles. The molecular formula is C18H26N4. The third-order valence-electron chi connectivity index (χ3n) is 5.18. The minimum atomic E-state index is 0.499. The molecule has 3 rings (SSSR count). The number of anilines is 1. The lowest BCUT2D eigenvalue weighted by Gasteiger charge is -2.40. The van der Waals surface area contributed by atoms with Gasteiger partial charge in [0.15, 0.2) is 0 Å². The number of nitriles is 1. The van der Waals surface area contributed by atoms with Gasteiger partial charge in [0.1, 0.15) is 11.8 Å². The number of hydrogen-bond acceptors (Lipinski definition) is 4. The average molecular weight is 298 g/mol. The summed E-state index contributed by atoms with van der Waals surface area (Å²) < 4.78 is 0. The van der Waals surface area contributed by atoms with Gasteiger partial charge >= 0.3 is 0 Å². The Bertz CT molecular complexity index is 519. The van der Waals surface area contributed by atoms with Gasteiger partial charge in [-0.2, -0.15) is 5.26 Å². The molecule has 2 saturated heterocycles. The molecule has 0 amide bonds. The standard InChI is InChI=1S/C18H26N4/c1-15-5-2-3-9-21(15)13-16-6-4-10-22(14-16)18-8-7-17(11-19)20-12-18/h7-8,12,15-16H,2-6,9-10,13-14H2,1H3/t15-,16-/m1/s1. The third kappa shape index (κ3) is 3.59. The normalized spacial score (nSPS) is 26.6. The predicted octanol–water partition coefficient (Wildman–Crippen LogP) is 3.04. The van der Waals surface area contributed by atoms with Gasteiger partial charge in [-0.1, -0.05) is 6.42 Å². The highest BCUT2D eigenvalue weighted by Gasteiger charge is 2.25. The average Bonchev–Trinajstić information content (AvgIpc) is 2.57. The van der Waals surface area contributed by atoms with E-state index in [4.69, 9.17) is 5.26 Å². The van der Waals surface area contributed by atoms with E-state index in [1.165, 1.54) is 45.2 Å². The fourth-order valence-electron chi connectivity index (χ4n) is 3.85. The number of rotatable bonds is 3. The summed E-state index contributed by atoms with van der Waals surface area (Å²) in [6.07, 6.45) is 8.56. The summed E-state index contributed by atoms with van der Waals surface area (Å²) in [7, 11) is 0. The number of likely N-dealkylation sites (tertiary alicyclic amines) is 1. The van der Waals surface area contributed by atoms with E-state index in [2.05, 4.69) is 27.8 Å². The van der Waals surface area contributed by atoms with Crippen LogP contribution in [0.25, 0.3) is 0 Å². The van der Waals surface area contributed by atoms with Gasteiger partial charge in [0.25, 0.3) is 0 Å². The maximum Gasteiger partial charge on any atom is 0.140 e. The Morgan fingerprint density at radius 1 is 1.23 bits per heavy atom. The van der Waals surface area contributed by atoms with Crippen LogP contribution in [0.3, 0.4) is 0 Å². The smallest absolute Gasteiger partial charge is 0.140 e. The zero-order valence-electron chi connectivity index (χ0n) is 13.5. The molecule has 2 atom stereocenters. The number of pyridine rings is 1. The molecule has 4 nitrogen and oxygen atoms in total. The molecule has 0 unspecified atom stereocenters. The van der Waals surface area contributed by atoms with Crippen LogP contribution in [0.2, 0.25) is 0 Å². The van der Waals surface area contributed by atoms with E-state index in [1.54, 1.807) is 0 Å². The molecule has 0 spiro atoms. The lowest BCUT2D eigenvalue weighted by molar-refractivity contribution is 0.130. The Hall–Kier alpha value is -1.60. The molecule has 0 N–H and O–H groups in total. The number of nitrogens with zero attached hydrogens (tertiary/aromatic N) is 4. The third-order valence-corrected chi connectivity index (χ3v) is 5.18.